The number of halogens is 4. The maximum Gasteiger partial charge on any atom is 0.573 e. The van der Waals surface area contributed by atoms with Crippen molar-refractivity contribution in [2.45, 2.75) is 67.7 Å². The molecule has 0 unspecified atom stereocenters. The summed E-state index contributed by atoms with van der Waals surface area (Å²) in [5, 5.41) is 6.29. The van der Waals surface area contributed by atoms with E-state index in [2.05, 4.69) is 43.2 Å². The fourth-order valence-electron chi connectivity index (χ4n) is 2.76. The van der Waals surface area contributed by atoms with Crippen LogP contribution in [0, 0.1) is 0 Å². The highest BCUT2D eigenvalue weighted by Crippen LogP contribution is 2.29. The SMILES string of the molecule is C/C=C(/CCl)NCC(N=C(SC=C(C)CC)/C(C)=C(\C)c1ccc(OC(F)(F)F)cc1)=C(C)CC. The Balaban J connectivity index is 3.47. The fourth-order valence-corrected chi connectivity index (χ4v) is 3.98. The molecule has 0 aliphatic rings. The molecule has 0 fully saturated rings. The first-order chi connectivity index (χ1) is 16.4. The van der Waals surface area contributed by atoms with E-state index in [1.807, 2.05) is 26.8 Å². The number of hydrogen-bond acceptors (Lipinski definition) is 4. The van der Waals surface area contributed by atoms with Gasteiger partial charge in [-0.05, 0) is 81.7 Å². The molecule has 0 amide bonds. The number of aliphatic imine (C=N–C) groups is 1. The van der Waals surface area contributed by atoms with E-state index in [1.54, 1.807) is 23.9 Å². The number of nitrogens with one attached hydrogen (secondary N) is 1. The zero-order chi connectivity index (χ0) is 26.6. The first-order valence-corrected chi connectivity index (χ1v) is 13.0. The van der Waals surface area contributed by atoms with Gasteiger partial charge in [0.05, 0.1) is 18.1 Å². The largest absolute Gasteiger partial charge is 0.573 e. The summed E-state index contributed by atoms with van der Waals surface area (Å²) in [6.07, 6.45) is -0.982. The van der Waals surface area contributed by atoms with Crippen molar-refractivity contribution in [3.63, 3.8) is 0 Å². The summed E-state index contributed by atoms with van der Waals surface area (Å²) in [6, 6.07) is 5.91. The summed E-state index contributed by atoms with van der Waals surface area (Å²) in [5.74, 6) is 0.149. The van der Waals surface area contributed by atoms with Crippen LogP contribution < -0.4 is 10.1 Å². The first kappa shape index (κ1) is 30.9. The monoisotopic (exact) mass is 528 g/mol. The molecule has 8 heteroatoms. The van der Waals surface area contributed by atoms with Crippen molar-refractivity contribution >= 4 is 34.0 Å². The van der Waals surface area contributed by atoms with Crippen LogP contribution in [-0.2, 0) is 0 Å². The molecule has 1 N–H and O–H groups in total. The van der Waals surface area contributed by atoms with Crippen LogP contribution in [0.15, 0.2) is 68.9 Å². The lowest BCUT2D eigenvalue weighted by molar-refractivity contribution is -0.274. The van der Waals surface area contributed by atoms with Gasteiger partial charge in [0.1, 0.15) is 10.8 Å². The Bertz CT molecular complexity index is 991. The molecular formula is C27H36ClF3N2OS. The van der Waals surface area contributed by atoms with Crippen LogP contribution in [0.3, 0.4) is 0 Å². The molecule has 35 heavy (non-hydrogen) atoms. The summed E-state index contributed by atoms with van der Waals surface area (Å²) in [5.41, 5.74) is 6.94. The van der Waals surface area contributed by atoms with Gasteiger partial charge in [0.25, 0.3) is 0 Å². The normalized spacial score (nSPS) is 15.0. The standard InChI is InChI=1S/C27H36ClF3N2OS/c1-8-18(4)17-35-26(33-25(19(5)9-2)16-32-23(10-3)15-28)21(7)20(6)22-11-13-24(14-12-22)34-27(29,30)31/h10-14,17,32H,8-9,15-16H2,1-7H3/b18-17?,21-20+,23-10-,25-19?,33-26?. The topological polar surface area (TPSA) is 33.6 Å². The minimum Gasteiger partial charge on any atom is -0.406 e. The molecular weight excluding hydrogens is 493 g/mol. The molecule has 0 spiro atoms. The maximum absolute atomic E-state index is 12.5. The van der Waals surface area contributed by atoms with Gasteiger partial charge < -0.3 is 10.1 Å². The molecule has 0 saturated heterocycles. The highest BCUT2D eigenvalue weighted by molar-refractivity contribution is 8.16. The highest BCUT2D eigenvalue weighted by atomic mass is 35.5. The minimum absolute atomic E-state index is 0.245. The molecule has 1 rings (SSSR count). The number of thioether (sulfide) groups is 1. The molecule has 0 heterocycles. The Kier molecular flexibility index (Phi) is 13.3. The number of allylic oxidation sites excluding steroid dienone is 5. The van der Waals surface area contributed by atoms with Gasteiger partial charge in [-0.3, -0.25) is 0 Å². The molecule has 0 aliphatic carbocycles. The van der Waals surface area contributed by atoms with Crippen LogP contribution in [0.1, 0.15) is 66.9 Å². The van der Waals surface area contributed by atoms with Crippen LogP contribution in [0.5, 0.6) is 5.75 Å². The average molecular weight is 529 g/mol. The molecule has 1 aromatic carbocycles. The highest BCUT2D eigenvalue weighted by Gasteiger charge is 2.31. The van der Waals surface area contributed by atoms with Gasteiger partial charge in [0.2, 0.25) is 0 Å². The van der Waals surface area contributed by atoms with Crippen molar-refractivity contribution in [2.24, 2.45) is 4.99 Å². The Hall–Kier alpha value is -2.12. The number of benzene rings is 1. The van der Waals surface area contributed by atoms with Gasteiger partial charge in [-0.25, -0.2) is 4.99 Å². The molecule has 0 aromatic heterocycles. The van der Waals surface area contributed by atoms with Gasteiger partial charge in [-0.2, -0.15) is 0 Å². The van der Waals surface area contributed by atoms with Crippen LogP contribution >= 0.6 is 23.4 Å². The van der Waals surface area contributed by atoms with E-state index in [0.29, 0.717) is 12.4 Å². The summed E-state index contributed by atoms with van der Waals surface area (Å²) in [7, 11) is 0. The van der Waals surface area contributed by atoms with E-state index in [1.165, 1.54) is 17.7 Å². The summed E-state index contributed by atoms with van der Waals surface area (Å²) in [6.45, 7) is 14.7. The van der Waals surface area contributed by atoms with E-state index < -0.39 is 6.36 Å². The Morgan fingerprint density at radius 3 is 2.20 bits per heavy atom. The number of hydrogen-bond donors (Lipinski definition) is 1. The van der Waals surface area contributed by atoms with Gasteiger partial charge in [-0.15, -0.1) is 24.8 Å². The van der Waals surface area contributed by atoms with Gasteiger partial charge in [-0.1, -0.05) is 55.0 Å². The summed E-state index contributed by atoms with van der Waals surface area (Å²) < 4.78 is 41.5. The predicted octanol–water partition coefficient (Wildman–Crippen LogP) is 9.24. The van der Waals surface area contributed by atoms with Crippen molar-refractivity contribution in [2.75, 3.05) is 12.4 Å². The van der Waals surface area contributed by atoms with Crippen molar-refractivity contribution in [1.82, 2.24) is 5.32 Å². The first-order valence-electron chi connectivity index (χ1n) is 11.5. The van der Waals surface area contributed by atoms with Crippen molar-refractivity contribution in [1.29, 1.82) is 0 Å². The van der Waals surface area contributed by atoms with Crippen molar-refractivity contribution < 1.29 is 17.9 Å². The molecule has 1 aromatic rings. The quantitative estimate of drug-likeness (QED) is 0.176. The van der Waals surface area contributed by atoms with Gasteiger partial charge >= 0.3 is 6.36 Å². The van der Waals surface area contributed by atoms with Gasteiger partial charge in [0, 0.05) is 5.70 Å². The molecule has 0 bridgehead atoms. The summed E-state index contributed by atoms with van der Waals surface area (Å²) >= 11 is 7.56. The third-order valence-corrected chi connectivity index (χ3v) is 7.00. The van der Waals surface area contributed by atoms with Crippen LogP contribution in [-0.4, -0.2) is 23.8 Å². The van der Waals surface area contributed by atoms with Gasteiger partial charge in [0.15, 0.2) is 0 Å². The Morgan fingerprint density at radius 2 is 1.71 bits per heavy atom. The Morgan fingerprint density at radius 1 is 1.09 bits per heavy atom. The fraction of sp³-hybridized carbons (Fsp3) is 0.444. The third-order valence-electron chi connectivity index (χ3n) is 5.57. The number of ether oxygens (including phenoxy) is 1. The second kappa shape index (κ2) is 15.1. The van der Waals surface area contributed by atoms with Crippen LogP contribution in [0.2, 0.25) is 0 Å². The Labute approximate surface area is 217 Å². The van der Waals surface area contributed by atoms with E-state index in [-0.39, 0.29) is 5.75 Å². The zero-order valence-electron chi connectivity index (χ0n) is 21.6. The lowest BCUT2D eigenvalue weighted by atomic mass is 10.0. The average Bonchev–Trinajstić information content (AvgIpc) is 2.83. The van der Waals surface area contributed by atoms with E-state index >= 15 is 0 Å². The minimum atomic E-state index is -4.72. The van der Waals surface area contributed by atoms with Crippen LogP contribution in [0.4, 0.5) is 13.2 Å². The van der Waals surface area contributed by atoms with Crippen molar-refractivity contribution in [3.05, 3.63) is 69.4 Å². The summed E-state index contributed by atoms with van der Waals surface area (Å²) in [4.78, 5) is 5.06. The lowest BCUT2D eigenvalue weighted by Gasteiger charge is -2.15. The van der Waals surface area contributed by atoms with E-state index in [9.17, 15) is 13.2 Å². The predicted molar refractivity (Wildman–Crippen MR) is 146 cm³/mol. The van der Waals surface area contributed by atoms with E-state index in [0.717, 1.165) is 51.6 Å². The smallest absolute Gasteiger partial charge is 0.406 e. The molecule has 0 aliphatic heterocycles. The second-order valence-electron chi connectivity index (χ2n) is 8.06. The lowest BCUT2D eigenvalue weighted by Crippen LogP contribution is -2.18. The molecule has 0 radical (unpaired) electrons. The molecule has 0 atom stereocenters. The number of nitrogens with zero attached hydrogens (tertiary/aromatic N) is 1. The van der Waals surface area contributed by atoms with E-state index in [4.69, 9.17) is 16.6 Å². The number of rotatable bonds is 11. The molecule has 194 valence electrons. The molecule has 0 saturated carbocycles. The number of alkyl halides is 4. The maximum atomic E-state index is 12.5. The second-order valence-corrected chi connectivity index (χ2v) is 9.18. The molecule has 3 nitrogen and oxygen atoms in total. The van der Waals surface area contributed by atoms with Crippen molar-refractivity contribution in [3.8, 4) is 5.75 Å². The third kappa shape index (κ3) is 11.0. The van der Waals surface area contributed by atoms with Crippen LogP contribution in [0.25, 0.3) is 5.57 Å². The zero-order valence-corrected chi connectivity index (χ0v) is 23.1.